The molecule has 0 fully saturated rings. The van der Waals surface area contributed by atoms with E-state index in [9.17, 15) is 9.90 Å². The Balaban J connectivity index is 2.38. The van der Waals surface area contributed by atoms with Gasteiger partial charge in [0.1, 0.15) is 15.2 Å². The van der Waals surface area contributed by atoms with Crippen molar-refractivity contribution in [1.82, 2.24) is 9.97 Å². The van der Waals surface area contributed by atoms with Crippen LogP contribution in [-0.2, 0) is 0 Å². The topological polar surface area (TPSA) is 66.0 Å². The number of phenols is 1. The average molecular weight is 299 g/mol. The van der Waals surface area contributed by atoms with Crippen molar-refractivity contribution in [2.75, 3.05) is 0 Å². The molecule has 4 nitrogen and oxygen atoms in total. The second-order valence-corrected chi connectivity index (χ2v) is 4.74. The SMILES string of the molecule is O=c1[nH]cnc(Sc2ccccc2O)c1Br. The smallest absolute Gasteiger partial charge is 0.266 e. The van der Waals surface area contributed by atoms with E-state index in [-0.39, 0.29) is 11.3 Å². The van der Waals surface area contributed by atoms with Crippen molar-refractivity contribution >= 4 is 27.7 Å². The van der Waals surface area contributed by atoms with Gasteiger partial charge in [0.2, 0.25) is 0 Å². The quantitative estimate of drug-likeness (QED) is 0.836. The predicted molar refractivity (Wildman–Crippen MR) is 64.8 cm³/mol. The Morgan fingerprint density at radius 2 is 2.12 bits per heavy atom. The minimum atomic E-state index is -0.243. The van der Waals surface area contributed by atoms with E-state index in [0.717, 1.165) is 0 Å². The normalized spacial score (nSPS) is 10.3. The number of H-pyrrole nitrogens is 1. The molecular formula is C10H7BrN2O2S. The average Bonchev–Trinajstić information content (AvgIpc) is 2.28. The van der Waals surface area contributed by atoms with Crippen LogP contribution in [-0.4, -0.2) is 15.1 Å². The first-order chi connectivity index (χ1) is 7.68. The van der Waals surface area contributed by atoms with Crippen LogP contribution in [0, 0.1) is 0 Å². The second kappa shape index (κ2) is 4.71. The number of aromatic nitrogens is 2. The highest BCUT2D eigenvalue weighted by Crippen LogP contribution is 2.34. The van der Waals surface area contributed by atoms with E-state index in [4.69, 9.17) is 0 Å². The molecule has 0 unspecified atom stereocenters. The Hall–Kier alpha value is -1.27. The molecular weight excluding hydrogens is 292 g/mol. The zero-order valence-electron chi connectivity index (χ0n) is 7.98. The number of nitrogens with one attached hydrogen (secondary N) is 1. The van der Waals surface area contributed by atoms with E-state index in [1.165, 1.54) is 18.1 Å². The molecule has 0 saturated carbocycles. The summed E-state index contributed by atoms with van der Waals surface area (Å²) in [6.45, 7) is 0. The molecule has 1 aromatic carbocycles. The van der Waals surface area contributed by atoms with Crippen LogP contribution >= 0.6 is 27.7 Å². The molecule has 2 aromatic rings. The summed E-state index contributed by atoms with van der Waals surface area (Å²) in [5, 5.41) is 10.1. The molecule has 0 aliphatic carbocycles. The molecule has 82 valence electrons. The minimum Gasteiger partial charge on any atom is -0.507 e. The monoisotopic (exact) mass is 298 g/mol. The van der Waals surface area contributed by atoms with Crippen LogP contribution in [0.15, 0.2) is 49.8 Å². The Labute approximate surface area is 104 Å². The highest BCUT2D eigenvalue weighted by atomic mass is 79.9. The number of halogens is 1. The van der Waals surface area contributed by atoms with Crippen LogP contribution < -0.4 is 5.56 Å². The third-order valence-electron chi connectivity index (χ3n) is 1.84. The van der Waals surface area contributed by atoms with E-state index in [1.807, 2.05) is 6.07 Å². The van der Waals surface area contributed by atoms with E-state index in [1.54, 1.807) is 18.2 Å². The van der Waals surface area contributed by atoms with Gasteiger partial charge < -0.3 is 10.1 Å². The highest BCUT2D eigenvalue weighted by Gasteiger charge is 2.09. The highest BCUT2D eigenvalue weighted by molar-refractivity contribution is 9.10. The Kier molecular flexibility index (Phi) is 3.31. The zero-order chi connectivity index (χ0) is 11.5. The largest absolute Gasteiger partial charge is 0.507 e. The summed E-state index contributed by atoms with van der Waals surface area (Å²) >= 11 is 4.38. The van der Waals surface area contributed by atoms with Gasteiger partial charge in [0.25, 0.3) is 5.56 Å². The molecule has 0 atom stereocenters. The lowest BCUT2D eigenvalue weighted by molar-refractivity contribution is 0.462. The molecule has 0 radical (unpaired) electrons. The van der Waals surface area contributed by atoms with E-state index >= 15 is 0 Å². The van der Waals surface area contributed by atoms with Gasteiger partial charge in [-0.25, -0.2) is 4.98 Å². The molecule has 6 heteroatoms. The predicted octanol–water partition coefficient (Wildman–Crippen LogP) is 2.39. The van der Waals surface area contributed by atoms with Crippen LogP contribution in [0.3, 0.4) is 0 Å². The Bertz CT molecular complexity index is 571. The molecule has 1 aromatic heterocycles. The maximum atomic E-state index is 11.3. The van der Waals surface area contributed by atoms with Crippen molar-refractivity contribution in [2.45, 2.75) is 9.92 Å². The number of benzene rings is 1. The second-order valence-electron chi connectivity index (χ2n) is 2.92. The van der Waals surface area contributed by atoms with Crippen LogP contribution in [0.5, 0.6) is 5.75 Å². The van der Waals surface area contributed by atoms with Crippen LogP contribution in [0.1, 0.15) is 0 Å². The van der Waals surface area contributed by atoms with Gasteiger partial charge in [-0.3, -0.25) is 4.79 Å². The first-order valence-electron chi connectivity index (χ1n) is 4.37. The summed E-state index contributed by atoms with van der Waals surface area (Å²) in [5.74, 6) is 0.168. The molecule has 2 rings (SSSR count). The number of aromatic amines is 1. The standard InChI is InChI=1S/C10H7BrN2O2S/c11-8-9(15)12-5-13-10(8)16-7-4-2-1-3-6(7)14/h1-5,14H,(H,12,13,15). The molecule has 16 heavy (non-hydrogen) atoms. The van der Waals surface area contributed by atoms with Gasteiger partial charge in [0, 0.05) is 0 Å². The number of hydrogen-bond acceptors (Lipinski definition) is 4. The number of nitrogens with zero attached hydrogens (tertiary/aromatic N) is 1. The lowest BCUT2D eigenvalue weighted by atomic mass is 10.3. The molecule has 0 spiro atoms. The van der Waals surface area contributed by atoms with Crippen molar-refractivity contribution < 1.29 is 5.11 Å². The van der Waals surface area contributed by atoms with Crippen molar-refractivity contribution in [3.05, 3.63) is 45.4 Å². The molecule has 2 N–H and O–H groups in total. The summed E-state index contributed by atoms with van der Waals surface area (Å²) < 4.78 is 0.364. The molecule has 0 aliphatic rings. The fourth-order valence-electron chi connectivity index (χ4n) is 1.09. The summed E-state index contributed by atoms with van der Waals surface area (Å²) in [7, 11) is 0. The lowest BCUT2D eigenvalue weighted by Crippen LogP contribution is -2.07. The van der Waals surface area contributed by atoms with Gasteiger partial charge in [0.15, 0.2) is 0 Å². The van der Waals surface area contributed by atoms with Gasteiger partial charge >= 0.3 is 0 Å². The number of hydrogen-bond donors (Lipinski definition) is 2. The number of phenolic OH excluding ortho intramolecular Hbond substituents is 1. The molecule has 0 bridgehead atoms. The van der Waals surface area contributed by atoms with E-state index in [0.29, 0.717) is 14.4 Å². The van der Waals surface area contributed by atoms with Gasteiger partial charge in [-0.2, -0.15) is 0 Å². The van der Waals surface area contributed by atoms with Crippen LogP contribution in [0.25, 0.3) is 0 Å². The first kappa shape index (κ1) is 11.2. The van der Waals surface area contributed by atoms with E-state index in [2.05, 4.69) is 25.9 Å². The van der Waals surface area contributed by atoms with Crippen LogP contribution in [0.4, 0.5) is 0 Å². The zero-order valence-corrected chi connectivity index (χ0v) is 10.4. The van der Waals surface area contributed by atoms with Gasteiger partial charge in [-0.1, -0.05) is 23.9 Å². The number of aromatic hydroxyl groups is 1. The first-order valence-corrected chi connectivity index (χ1v) is 5.98. The number of rotatable bonds is 2. The number of para-hydroxylation sites is 1. The fourth-order valence-corrected chi connectivity index (χ4v) is 2.36. The fraction of sp³-hybridized carbons (Fsp3) is 0. The van der Waals surface area contributed by atoms with Gasteiger partial charge in [-0.05, 0) is 28.1 Å². The third kappa shape index (κ3) is 2.28. The lowest BCUT2D eigenvalue weighted by Gasteiger charge is -2.03. The minimum absolute atomic E-state index is 0.168. The van der Waals surface area contributed by atoms with E-state index < -0.39 is 0 Å². The van der Waals surface area contributed by atoms with Crippen molar-refractivity contribution in [2.24, 2.45) is 0 Å². The molecule has 0 amide bonds. The Morgan fingerprint density at radius 3 is 2.88 bits per heavy atom. The van der Waals surface area contributed by atoms with Crippen molar-refractivity contribution in [1.29, 1.82) is 0 Å². The van der Waals surface area contributed by atoms with Crippen LogP contribution in [0.2, 0.25) is 0 Å². The van der Waals surface area contributed by atoms with Crippen molar-refractivity contribution in [3.8, 4) is 5.75 Å². The maximum Gasteiger partial charge on any atom is 0.266 e. The molecule has 1 heterocycles. The summed E-state index contributed by atoms with van der Waals surface area (Å²) in [4.78, 5) is 18.4. The molecule has 0 saturated heterocycles. The summed E-state index contributed by atoms with van der Waals surface area (Å²) in [5.41, 5.74) is -0.243. The van der Waals surface area contributed by atoms with Gasteiger partial charge in [-0.15, -0.1) is 0 Å². The molecule has 0 aliphatic heterocycles. The summed E-state index contributed by atoms with van der Waals surface area (Å²) in [6.07, 6.45) is 1.33. The van der Waals surface area contributed by atoms with Gasteiger partial charge in [0.05, 0.1) is 11.2 Å². The van der Waals surface area contributed by atoms with Crippen molar-refractivity contribution in [3.63, 3.8) is 0 Å². The third-order valence-corrected chi connectivity index (χ3v) is 3.90. The summed E-state index contributed by atoms with van der Waals surface area (Å²) in [6, 6.07) is 6.89. The maximum absolute atomic E-state index is 11.3. The Morgan fingerprint density at radius 1 is 1.38 bits per heavy atom.